The molecule has 0 radical (unpaired) electrons. The zero-order chi connectivity index (χ0) is 12.0. The van der Waals surface area contributed by atoms with E-state index in [-0.39, 0.29) is 11.6 Å². The summed E-state index contributed by atoms with van der Waals surface area (Å²) < 4.78 is 5.23. The maximum absolute atomic E-state index is 11.4. The van der Waals surface area contributed by atoms with Crippen LogP contribution in [0.25, 0.3) is 0 Å². The lowest BCUT2D eigenvalue weighted by molar-refractivity contribution is -0.154. The average molecular weight is 228 g/mol. The van der Waals surface area contributed by atoms with Gasteiger partial charge in [0.25, 0.3) is 0 Å². The summed E-state index contributed by atoms with van der Waals surface area (Å²) in [4.78, 5) is 11.4. The third-order valence-electron chi connectivity index (χ3n) is 2.44. The maximum atomic E-state index is 11.4. The Kier molecular flexibility index (Phi) is 5.22. The van der Waals surface area contributed by atoms with Gasteiger partial charge >= 0.3 is 5.97 Å². The number of hydrogen-bond acceptors (Lipinski definition) is 4. The number of piperidine rings is 1. The van der Waals surface area contributed by atoms with E-state index in [0.29, 0.717) is 13.0 Å². The van der Waals surface area contributed by atoms with Crippen molar-refractivity contribution >= 4 is 5.97 Å². The van der Waals surface area contributed by atoms with Crippen LogP contribution < -0.4 is 5.43 Å². The molecule has 0 atom stereocenters. The van der Waals surface area contributed by atoms with Gasteiger partial charge in [0.2, 0.25) is 0 Å². The summed E-state index contributed by atoms with van der Waals surface area (Å²) in [5.41, 5.74) is 2.90. The SMILES string of the molecule is CC(C)(C)OC(=O)CCNN1CCCCC1. The first-order valence-corrected chi connectivity index (χ1v) is 6.18. The molecule has 1 fully saturated rings. The lowest BCUT2D eigenvalue weighted by Crippen LogP contribution is -2.42. The number of nitrogens with zero attached hydrogens (tertiary/aromatic N) is 1. The number of hydrazine groups is 1. The maximum Gasteiger partial charge on any atom is 0.307 e. The number of carbonyl (C=O) groups excluding carboxylic acids is 1. The van der Waals surface area contributed by atoms with Gasteiger partial charge in [-0.05, 0) is 33.6 Å². The fourth-order valence-electron chi connectivity index (χ4n) is 1.76. The Morgan fingerprint density at radius 1 is 1.25 bits per heavy atom. The van der Waals surface area contributed by atoms with E-state index < -0.39 is 0 Å². The van der Waals surface area contributed by atoms with Gasteiger partial charge < -0.3 is 4.74 Å². The van der Waals surface area contributed by atoms with Gasteiger partial charge in [0.05, 0.1) is 6.42 Å². The van der Waals surface area contributed by atoms with Crippen molar-refractivity contribution in [1.29, 1.82) is 0 Å². The fourth-order valence-corrected chi connectivity index (χ4v) is 1.76. The highest BCUT2D eigenvalue weighted by atomic mass is 16.6. The van der Waals surface area contributed by atoms with Crippen LogP contribution in [-0.2, 0) is 9.53 Å². The lowest BCUT2D eigenvalue weighted by Gasteiger charge is -2.27. The monoisotopic (exact) mass is 228 g/mol. The molecule has 0 amide bonds. The second-order valence-corrected chi connectivity index (χ2v) is 5.29. The number of nitrogens with one attached hydrogen (secondary N) is 1. The Morgan fingerprint density at radius 2 is 1.88 bits per heavy atom. The van der Waals surface area contributed by atoms with Crippen molar-refractivity contribution in [2.75, 3.05) is 19.6 Å². The molecule has 0 spiro atoms. The zero-order valence-electron chi connectivity index (χ0n) is 10.7. The van der Waals surface area contributed by atoms with Gasteiger partial charge in [0, 0.05) is 19.6 Å². The lowest BCUT2D eigenvalue weighted by atomic mass is 10.2. The number of rotatable bonds is 4. The van der Waals surface area contributed by atoms with Crippen LogP contribution in [0.3, 0.4) is 0 Å². The van der Waals surface area contributed by atoms with Crippen LogP contribution in [-0.4, -0.2) is 36.2 Å². The van der Waals surface area contributed by atoms with Crippen LogP contribution in [0.1, 0.15) is 46.5 Å². The van der Waals surface area contributed by atoms with Crippen LogP contribution in [0.2, 0.25) is 0 Å². The van der Waals surface area contributed by atoms with Crippen LogP contribution in [0, 0.1) is 0 Å². The normalized spacial score (nSPS) is 18.4. The Labute approximate surface area is 98.3 Å². The van der Waals surface area contributed by atoms with Gasteiger partial charge in [0.1, 0.15) is 5.60 Å². The number of ether oxygens (including phenoxy) is 1. The Balaban J connectivity index is 2.08. The van der Waals surface area contributed by atoms with Gasteiger partial charge in [-0.2, -0.15) is 0 Å². The van der Waals surface area contributed by atoms with E-state index in [1.165, 1.54) is 19.3 Å². The molecular formula is C12H24N2O2. The summed E-state index contributed by atoms with van der Waals surface area (Å²) in [5, 5.41) is 2.20. The quantitative estimate of drug-likeness (QED) is 0.744. The molecule has 0 aromatic heterocycles. The molecule has 0 bridgehead atoms. The third kappa shape index (κ3) is 6.08. The van der Waals surface area contributed by atoms with Crippen molar-refractivity contribution in [2.45, 2.75) is 52.1 Å². The minimum atomic E-state index is -0.373. The van der Waals surface area contributed by atoms with Crippen LogP contribution in [0.15, 0.2) is 0 Å². The molecule has 1 saturated heterocycles. The van der Waals surface area contributed by atoms with Crippen molar-refractivity contribution in [3.05, 3.63) is 0 Å². The van der Waals surface area contributed by atoms with Crippen molar-refractivity contribution < 1.29 is 9.53 Å². The van der Waals surface area contributed by atoms with Crippen molar-refractivity contribution in [2.24, 2.45) is 0 Å². The zero-order valence-corrected chi connectivity index (χ0v) is 10.7. The summed E-state index contributed by atoms with van der Waals surface area (Å²) in [6.07, 6.45) is 4.26. The van der Waals surface area contributed by atoms with E-state index >= 15 is 0 Å². The molecule has 1 N–H and O–H groups in total. The first-order valence-electron chi connectivity index (χ1n) is 6.18. The molecule has 0 aliphatic carbocycles. The van der Waals surface area contributed by atoms with Crippen molar-refractivity contribution in [3.8, 4) is 0 Å². The number of carbonyl (C=O) groups is 1. The standard InChI is InChI=1S/C12H24N2O2/c1-12(2,3)16-11(15)7-8-13-14-9-5-4-6-10-14/h13H,4-10H2,1-3H3. The smallest absolute Gasteiger partial charge is 0.307 e. The molecule has 16 heavy (non-hydrogen) atoms. The molecule has 1 rings (SSSR count). The number of hydrogen-bond donors (Lipinski definition) is 1. The van der Waals surface area contributed by atoms with Gasteiger partial charge in [-0.1, -0.05) is 6.42 Å². The minimum absolute atomic E-state index is 0.128. The molecule has 4 heteroatoms. The fraction of sp³-hybridized carbons (Fsp3) is 0.917. The predicted octanol–water partition coefficient (Wildman–Crippen LogP) is 1.71. The van der Waals surface area contributed by atoms with E-state index in [9.17, 15) is 4.79 Å². The summed E-state index contributed by atoms with van der Waals surface area (Å²) in [6, 6.07) is 0. The van der Waals surface area contributed by atoms with Crippen LogP contribution in [0.5, 0.6) is 0 Å². The topological polar surface area (TPSA) is 41.6 Å². The van der Waals surface area contributed by atoms with Gasteiger partial charge in [-0.3, -0.25) is 10.2 Å². The Bertz CT molecular complexity index is 218. The summed E-state index contributed by atoms with van der Waals surface area (Å²) in [6.45, 7) is 8.53. The molecular weight excluding hydrogens is 204 g/mol. The first-order chi connectivity index (χ1) is 7.47. The summed E-state index contributed by atoms with van der Waals surface area (Å²) in [5.74, 6) is -0.128. The highest BCUT2D eigenvalue weighted by Gasteiger charge is 2.16. The summed E-state index contributed by atoms with van der Waals surface area (Å²) >= 11 is 0. The van der Waals surface area contributed by atoms with Crippen molar-refractivity contribution in [3.63, 3.8) is 0 Å². The molecule has 0 aromatic rings. The van der Waals surface area contributed by atoms with E-state index in [1.807, 2.05) is 20.8 Å². The molecule has 1 heterocycles. The molecule has 1 aliphatic rings. The molecule has 0 saturated carbocycles. The Hall–Kier alpha value is -0.610. The van der Waals surface area contributed by atoms with Gasteiger partial charge in [0.15, 0.2) is 0 Å². The van der Waals surface area contributed by atoms with E-state index in [0.717, 1.165) is 13.1 Å². The third-order valence-corrected chi connectivity index (χ3v) is 2.44. The molecule has 94 valence electrons. The second-order valence-electron chi connectivity index (χ2n) is 5.29. The predicted molar refractivity (Wildman–Crippen MR) is 63.9 cm³/mol. The van der Waals surface area contributed by atoms with E-state index in [1.54, 1.807) is 0 Å². The van der Waals surface area contributed by atoms with Crippen LogP contribution in [0.4, 0.5) is 0 Å². The number of esters is 1. The highest BCUT2D eigenvalue weighted by Crippen LogP contribution is 2.08. The van der Waals surface area contributed by atoms with E-state index in [2.05, 4.69) is 10.4 Å². The minimum Gasteiger partial charge on any atom is -0.460 e. The Morgan fingerprint density at radius 3 is 2.44 bits per heavy atom. The average Bonchev–Trinajstić information content (AvgIpc) is 2.16. The first kappa shape index (κ1) is 13.5. The molecule has 0 aromatic carbocycles. The summed E-state index contributed by atoms with van der Waals surface area (Å²) in [7, 11) is 0. The molecule has 0 unspecified atom stereocenters. The van der Waals surface area contributed by atoms with Gasteiger partial charge in [-0.25, -0.2) is 5.01 Å². The highest BCUT2D eigenvalue weighted by molar-refractivity contribution is 5.70. The van der Waals surface area contributed by atoms with Gasteiger partial charge in [-0.15, -0.1) is 0 Å². The van der Waals surface area contributed by atoms with E-state index in [4.69, 9.17) is 4.74 Å². The largest absolute Gasteiger partial charge is 0.460 e. The van der Waals surface area contributed by atoms with Crippen LogP contribution >= 0.6 is 0 Å². The molecule has 4 nitrogen and oxygen atoms in total. The van der Waals surface area contributed by atoms with Crippen molar-refractivity contribution in [1.82, 2.24) is 10.4 Å². The second kappa shape index (κ2) is 6.21. The molecule has 1 aliphatic heterocycles.